The molecule has 0 aromatic heterocycles. The molecule has 0 bridgehead atoms. The van der Waals surface area contributed by atoms with Crippen molar-refractivity contribution in [2.24, 2.45) is 5.73 Å². The Bertz CT molecular complexity index is 259. The maximum Gasteiger partial charge on any atom is 0.221 e. The van der Waals surface area contributed by atoms with E-state index in [1.165, 1.54) is 0 Å². The van der Waals surface area contributed by atoms with E-state index in [1.807, 2.05) is 30.3 Å². The van der Waals surface area contributed by atoms with Gasteiger partial charge in [-0.05, 0) is 5.56 Å². The van der Waals surface area contributed by atoms with Crippen LogP contribution in [-0.2, 0) is 11.3 Å². The summed E-state index contributed by atoms with van der Waals surface area (Å²) in [6, 6.07) is 9.80. The highest BCUT2D eigenvalue weighted by atomic mass is 16.1. The van der Waals surface area contributed by atoms with Crippen molar-refractivity contribution in [3.63, 3.8) is 0 Å². The number of nitrogens with one attached hydrogen (secondary N) is 1. The van der Waals surface area contributed by atoms with Crippen molar-refractivity contribution in [2.45, 2.75) is 20.4 Å². The summed E-state index contributed by atoms with van der Waals surface area (Å²) < 4.78 is 0. The zero-order valence-electron chi connectivity index (χ0n) is 7.49. The summed E-state index contributed by atoms with van der Waals surface area (Å²) in [6.45, 7) is 0.986. The molecule has 1 aromatic rings. The topological polar surface area (TPSA) is 55.1 Å². The summed E-state index contributed by atoms with van der Waals surface area (Å²) in [7, 11) is 0. The first kappa shape index (κ1) is 12.7. The van der Waals surface area contributed by atoms with Gasteiger partial charge >= 0.3 is 0 Å². The lowest BCUT2D eigenvalue weighted by Crippen LogP contribution is -2.24. The Morgan fingerprint density at radius 2 is 1.93 bits per heavy atom. The predicted molar refractivity (Wildman–Crippen MR) is 58.7 cm³/mol. The molecule has 0 atom stereocenters. The van der Waals surface area contributed by atoms with E-state index in [4.69, 9.17) is 5.73 Å². The summed E-state index contributed by atoms with van der Waals surface area (Å²) in [5.74, 6) is 0.00588. The molecule has 78 valence electrons. The molecule has 0 heterocycles. The van der Waals surface area contributed by atoms with Crippen molar-refractivity contribution in [3.8, 4) is 0 Å². The number of carbonyl (C=O) groups is 1. The van der Waals surface area contributed by atoms with Gasteiger partial charge < -0.3 is 11.1 Å². The van der Waals surface area contributed by atoms with Crippen LogP contribution in [0.15, 0.2) is 30.3 Å². The zero-order valence-corrected chi connectivity index (χ0v) is 7.49. The second kappa shape index (κ2) is 7.09. The molecule has 0 spiro atoms. The Morgan fingerprint density at radius 3 is 2.50 bits per heavy atom. The first-order valence-electron chi connectivity index (χ1n) is 4.33. The van der Waals surface area contributed by atoms with E-state index in [1.54, 1.807) is 0 Å². The lowest BCUT2D eigenvalue weighted by Gasteiger charge is -2.03. The highest BCUT2D eigenvalue weighted by Gasteiger charge is 1.97. The molecular formula is C11H18N2O. The van der Waals surface area contributed by atoms with Gasteiger partial charge in [0.25, 0.3) is 0 Å². The normalized spacial score (nSPS) is 8.93. The van der Waals surface area contributed by atoms with Crippen LogP contribution in [0.2, 0.25) is 0 Å². The number of carbonyl (C=O) groups excluding carboxylic acids is 1. The smallest absolute Gasteiger partial charge is 0.221 e. The third-order valence-corrected chi connectivity index (χ3v) is 1.70. The predicted octanol–water partition coefficient (Wildman–Crippen LogP) is 1.29. The summed E-state index contributed by atoms with van der Waals surface area (Å²) in [4.78, 5) is 11.0. The van der Waals surface area contributed by atoms with Crippen molar-refractivity contribution >= 4 is 5.91 Å². The number of hydrogen-bond donors (Lipinski definition) is 2. The monoisotopic (exact) mass is 194 g/mol. The molecule has 3 heteroatoms. The third kappa shape index (κ3) is 4.62. The van der Waals surface area contributed by atoms with Gasteiger partial charge in [0, 0.05) is 19.5 Å². The van der Waals surface area contributed by atoms with Gasteiger partial charge in [0.1, 0.15) is 0 Å². The van der Waals surface area contributed by atoms with Crippen LogP contribution in [0.25, 0.3) is 0 Å². The van der Waals surface area contributed by atoms with Crippen LogP contribution < -0.4 is 11.1 Å². The number of hydrogen-bond acceptors (Lipinski definition) is 2. The highest BCUT2D eigenvalue weighted by Crippen LogP contribution is 1.96. The van der Waals surface area contributed by atoms with Gasteiger partial charge in [0.05, 0.1) is 0 Å². The molecule has 0 saturated heterocycles. The minimum absolute atomic E-state index is 0. The average Bonchev–Trinajstić information content (AvgIpc) is 2.17. The van der Waals surface area contributed by atoms with Crippen LogP contribution in [0.5, 0.6) is 0 Å². The lowest BCUT2D eigenvalue weighted by molar-refractivity contribution is -0.121. The van der Waals surface area contributed by atoms with E-state index in [-0.39, 0.29) is 13.3 Å². The van der Waals surface area contributed by atoms with Crippen LogP contribution in [0, 0.1) is 0 Å². The first-order chi connectivity index (χ1) is 6.33. The SMILES string of the molecule is C.NCCC(=O)NCc1ccccc1. The molecule has 0 aliphatic heterocycles. The van der Waals surface area contributed by atoms with Crippen LogP contribution in [0.3, 0.4) is 0 Å². The Morgan fingerprint density at radius 1 is 1.29 bits per heavy atom. The van der Waals surface area contributed by atoms with Gasteiger partial charge in [-0.1, -0.05) is 37.8 Å². The third-order valence-electron chi connectivity index (χ3n) is 1.70. The molecule has 0 fully saturated rings. The van der Waals surface area contributed by atoms with Crippen LogP contribution >= 0.6 is 0 Å². The molecule has 14 heavy (non-hydrogen) atoms. The summed E-state index contributed by atoms with van der Waals surface area (Å²) in [5.41, 5.74) is 6.34. The molecule has 0 aliphatic carbocycles. The standard InChI is InChI=1S/C10H14N2O.CH4/c11-7-6-10(13)12-8-9-4-2-1-3-5-9;/h1-5H,6-8,11H2,(H,12,13);1H4. The van der Waals surface area contributed by atoms with Gasteiger partial charge in [-0.15, -0.1) is 0 Å². The van der Waals surface area contributed by atoms with Gasteiger partial charge in [0.15, 0.2) is 0 Å². The van der Waals surface area contributed by atoms with E-state index in [9.17, 15) is 4.79 Å². The van der Waals surface area contributed by atoms with Crippen LogP contribution in [0.4, 0.5) is 0 Å². The van der Waals surface area contributed by atoms with E-state index < -0.39 is 0 Å². The molecule has 1 amide bonds. The van der Waals surface area contributed by atoms with Crippen molar-refractivity contribution in [1.82, 2.24) is 5.32 Å². The maximum atomic E-state index is 11.0. The van der Waals surface area contributed by atoms with E-state index in [2.05, 4.69) is 5.32 Å². The maximum absolute atomic E-state index is 11.0. The second-order valence-electron chi connectivity index (χ2n) is 2.80. The van der Waals surface area contributed by atoms with E-state index in [0.717, 1.165) is 5.56 Å². The zero-order chi connectivity index (χ0) is 9.52. The first-order valence-corrected chi connectivity index (χ1v) is 4.33. The number of amides is 1. The summed E-state index contributed by atoms with van der Waals surface area (Å²) >= 11 is 0. The van der Waals surface area contributed by atoms with Crippen molar-refractivity contribution < 1.29 is 4.79 Å². The molecule has 0 radical (unpaired) electrons. The second-order valence-corrected chi connectivity index (χ2v) is 2.80. The fourth-order valence-electron chi connectivity index (χ4n) is 1.02. The van der Waals surface area contributed by atoms with Crippen molar-refractivity contribution in [3.05, 3.63) is 35.9 Å². The fraction of sp³-hybridized carbons (Fsp3) is 0.364. The molecule has 3 N–H and O–H groups in total. The van der Waals surface area contributed by atoms with Gasteiger partial charge in [0.2, 0.25) is 5.91 Å². The minimum atomic E-state index is 0. The van der Waals surface area contributed by atoms with Crippen molar-refractivity contribution in [2.75, 3.05) is 6.54 Å². The van der Waals surface area contributed by atoms with Gasteiger partial charge in [-0.3, -0.25) is 4.79 Å². The van der Waals surface area contributed by atoms with E-state index in [0.29, 0.717) is 19.5 Å². The van der Waals surface area contributed by atoms with Gasteiger partial charge in [-0.2, -0.15) is 0 Å². The van der Waals surface area contributed by atoms with Crippen LogP contribution in [0.1, 0.15) is 19.4 Å². The summed E-state index contributed by atoms with van der Waals surface area (Å²) in [6.07, 6.45) is 0.396. The molecule has 3 nitrogen and oxygen atoms in total. The van der Waals surface area contributed by atoms with Crippen molar-refractivity contribution in [1.29, 1.82) is 0 Å². The summed E-state index contributed by atoms with van der Waals surface area (Å²) in [5, 5.41) is 2.78. The Labute approximate surface area is 85.3 Å². The molecule has 0 saturated carbocycles. The molecule has 1 aromatic carbocycles. The molecule has 0 aliphatic rings. The lowest BCUT2D eigenvalue weighted by atomic mass is 10.2. The average molecular weight is 194 g/mol. The minimum Gasteiger partial charge on any atom is -0.352 e. The van der Waals surface area contributed by atoms with E-state index >= 15 is 0 Å². The Hall–Kier alpha value is -1.35. The molecular weight excluding hydrogens is 176 g/mol. The molecule has 1 rings (SSSR count). The highest BCUT2D eigenvalue weighted by molar-refractivity contribution is 5.75. The fourth-order valence-corrected chi connectivity index (χ4v) is 1.02. The van der Waals surface area contributed by atoms with Gasteiger partial charge in [-0.25, -0.2) is 0 Å². The molecule has 0 unspecified atom stereocenters. The van der Waals surface area contributed by atoms with Crippen LogP contribution in [-0.4, -0.2) is 12.5 Å². The number of benzene rings is 1. The Balaban J connectivity index is 0.00000169. The Kier molecular flexibility index (Phi) is 6.41. The quantitative estimate of drug-likeness (QED) is 0.758. The number of rotatable bonds is 4. The number of nitrogens with two attached hydrogens (primary N) is 1. The largest absolute Gasteiger partial charge is 0.352 e.